The zero-order valence-electron chi connectivity index (χ0n) is 23.9. The van der Waals surface area contributed by atoms with Crippen LogP contribution in [0.15, 0.2) is 110 Å². The van der Waals surface area contributed by atoms with Crippen LogP contribution in [-0.2, 0) is 22.6 Å². The second-order valence-corrected chi connectivity index (χ2v) is 10.6. The number of aliphatic hydroxyl groups is 1. The van der Waals surface area contributed by atoms with Crippen LogP contribution in [-0.4, -0.2) is 47.1 Å². The Labute approximate surface area is 247 Å². The van der Waals surface area contributed by atoms with Crippen molar-refractivity contribution in [2.24, 2.45) is 0 Å². The Morgan fingerprint density at radius 1 is 1.00 bits per heavy atom. The van der Waals surface area contributed by atoms with Gasteiger partial charge in [-0.25, -0.2) is 0 Å². The van der Waals surface area contributed by atoms with Crippen molar-refractivity contribution in [3.63, 3.8) is 0 Å². The van der Waals surface area contributed by atoms with Crippen molar-refractivity contribution in [3.8, 4) is 11.1 Å². The quantitative estimate of drug-likeness (QED) is 0.223. The van der Waals surface area contributed by atoms with E-state index in [0.717, 1.165) is 52.9 Å². The molecule has 1 amide bonds. The first-order chi connectivity index (χ1) is 20.5. The monoisotopic (exact) mass is 563 g/mol. The Kier molecular flexibility index (Phi) is 9.90. The van der Waals surface area contributed by atoms with Crippen molar-refractivity contribution < 1.29 is 19.4 Å². The molecule has 3 aromatic carbocycles. The van der Waals surface area contributed by atoms with E-state index >= 15 is 0 Å². The number of nitrogens with zero attached hydrogens (tertiary/aromatic N) is 2. The summed E-state index contributed by atoms with van der Waals surface area (Å²) < 4.78 is 13.1. The smallest absolute Gasteiger partial charge is 0.253 e. The van der Waals surface area contributed by atoms with Gasteiger partial charge in [-0.15, -0.1) is 6.58 Å². The van der Waals surface area contributed by atoms with Crippen LogP contribution in [0.4, 0.5) is 0 Å². The van der Waals surface area contributed by atoms with Gasteiger partial charge in [-0.3, -0.25) is 9.78 Å². The van der Waals surface area contributed by atoms with Crippen LogP contribution < -0.4 is 5.32 Å². The third kappa shape index (κ3) is 7.57. The molecule has 0 aliphatic carbocycles. The Morgan fingerprint density at radius 3 is 2.52 bits per heavy atom. The first kappa shape index (κ1) is 29.4. The highest BCUT2D eigenvalue weighted by molar-refractivity contribution is 5.93. The van der Waals surface area contributed by atoms with Gasteiger partial charge in [0, 0.05) is 44.0 Å². The first-order valence-corrected chi connectivity index (χ1v) is 14.2. The number of nitrogens with one attached hydrogen (secondary N) is 1. The molecule has 0 unspecified atom stereocenters. The van der Waals surface area contributed by atoms with Crippen molar-refractivity contribution in [1.82, 2.24) is 15.2 Å². The molecule has 2 N–H and O–H groups in total. The molecule has 1 aliphatic rings. The van der Waals surface area contributed by atoms with Crippen molar-refractivity contribution in [2.45, 2.75) is 38.1 Å². The van der Waals surface area contributed by atoms with Crippen molar-refractivity contribution in [3.05, 3.63) is 138 Å². The maximum absolute atomic E-state index is 12.5. The lowest BCUT2D eigenvalue weighted by Gasteiger charge is -2.37. The Hall–Kier alpha value is -4.14. The Morgan fingerprint density at radius 2 is 1.79 bits per heavy atom. The highest BCUT2D eigenvalue weighted by Crippen LogP contribution is 2.39. The molecule has 0 bridgehead atoms. The number of aromatic nitrogens is 1. The number of amides is 1. The maximum atomic E-state index is 12.5. The Bertz CT molecular complexity index is 1480. The molecule has 2 heterocycles. The number of hydrogen-bond acceptors (Lipinski definition) is 6. The lowest BCUT2D eigenvalue weighted by molar-refractivity contribution is -0.252. The summed E-state index contributed by atoms with van der Waals surface area (Å²) in [7, 11) is 2.06. The lowest BCUT2D eigenvalue weighted by Crippen LogP contribution is -2.37. The first-order valence-electron chi connectivity index (χ1n) is 14.2. The van der Waals surface area contributed by atoms with E-state index in [1.807, 2.05) is 54.6 Å². The van der Waals surface area contributed by atoms with Gasteiger partial charge in [-0.2, -0.15) is 0 Å². The second kappa shape index (κ2) is 14.2. The molecule has 3 atom stereocenters. The number of carbonyl (C=O) groups is 1. The number of ether oxygens (including phenoxy) is 2. The number of benzene rings is 3. The third-order valence-electron chi connectivity index (χ3n) is 7.37. The second-order valence-electron chi connectivity index (χ2n) is 10.6. The summed E-state index contributed by atoms with van der Waals surface area (Å²) in [6.45, 7) is 5.81. The molecular weight excluding hydrogens is 526 g/mol. The minimum Gasteiger partial charge on any atom is -0.392 e. The summed E-state index contributed by atoms with van der Waals surface area (Å²) in [5.41, 5.74) is 6.48. The van der Waals surface area contributed by atoms with E-state index in [1.165, 1.54) is 0 Å². The molecule has 1 aliphatic heterocycles. The average molecular weight is 564 g/mol. The zero-order valence-corrected chi connectivity index (χ0v) is 23.9. The van der Waals surface area contributed by atoms with E-state index in [0.29, 0.717) is 12.1 Å². The predicted octanol–water partition coefficient (Wildman–Crippen LogP) is 5.83. The number of aliphatic hydroxyl groups excluding tert-OH is 1. The van der Waals surface area contributed by atoms with Crippen LogP contribution in [0.3, 0.4) is 0 Å². The van der Waals surface area contributed by atoms with E-state index in [1.54, 1.807) is 24.5 Å². The van der Waals surface area contributed by atoms with Crippen LogP contribution >= 0.6 is 0 Å². The number of pyridine rings is 1. The van der Waals surface area contributed by atoms with Crippen LogP contribution in [0, 0.1) is 0 Å². The van der Waals surface area contributed by atoms with Crippen molar-refractivity contribution in [1.29, 1.82) is 0 Å². The van der Waals surface area contributed by atoms with Crippen LogP contribution in [0.25, 0.3) is 11.1 Å². The topological polar surface area (TPSA) is 83.9 Å². The van der Waals surface area contributed by atoms with Crippen LogP contribution in [0.5, 0.6) is 0 Å². The molecular formula is C35H37N3O4. The molecule has 1 saturated heterocycles. The number of rotatable bonds is 11. The molecule has 7 nitrogen and oxygen atoms in total. The standard InChI is InChI=1S/C35H37N3O4/c1-3-17-38(2)23-32-20-33(27-14-12-25(24-39)13-15-27)42-35(41-32)30-10-5-9-29(19-30)28-8-4-7-26(18-28)21-37-34(40)31-11-6-16-36-22-31/h3-16,18-19,22,32-33,35,39H,1,17,20-21,23-24H2,2H3,(H,37,40)/t32-,33+,35+/m1/s1. The average Bonchev–Trinajstić information content (AvgIpc) is 3.04. The molecule has 0 spiro atoms. The largest absolute Gasteiger partial charge is 0.392 e. The van der Waals surface area contributed by atoms with E-state index in [2.05, 4.69) is 53.1 Å². The van der Waals surface area contributed by atoms with Gasteiger partial charge in [-0.1, -0.05) is 66.7 Å². The fourth-order valence-corrected chi connectivity index (χ4v) is 5.18. The minimum atomic E-state index is -0.537. The van der Waals surface area contributed by atoms with Crippen molar-refractivity contribution in [2.75, 3.05) is 20.1 Å². The van der Waals surface area contributed by atoms with E-state index in [4.69, 9.17) is 9.47 Å². The SMILES string of the molecule is C=CCN(C)C[C@H]1C[C@@H](c2ccc(CO)cc2)O[C@@H](c2cccc(-c3cccc(CNC(=O)c4cccnc4)c3)c2)O1. The molecule has 42 heavy (non-hydrogen) atoms. The van der Waals surface area contributed by atoms with E-state index in [9.17, 15) is 9.90 Å². The third-order valence-corrected chi connectivity index (χ3v) is 7.37. The number of hydrogen-bond donors (Lipinski definition) is 2. The van der Waals surface area contributed by atoms with Gasteiger partial charge < -0.3 is 24.8 Å². The molecule has 1 aromatic heterocycles. The molecule has 0 radical (unpaired) electrons. The zero-order chi connectivity index (χ0) is 29.3. The molecule has 1 fully saturated rings. The van der Waals surface area contributed by atoms with E-state index < -0.39 is 6.29 Å². The molecule has 216 valence electrons. The minimum absolute atomic E-state index is 0.0113. The molecule has 7 heteroatoms. The highest BCUT2D eigenvalue weighted by atomic mass is 16.7. The van der Waals surface area contributed by atoms with Gasteiger partial charge in [0.05, 0.1) is 24.4 Å². The summed E-state index contributed by atoms with van der Waals surface area (Å²) >= 11 is 0. The summed E-state index contributed by atoms with van der Waals surface area (Å²) in [5, 5.41) is 12.4. The number of likely N-dealkylation sites (N-methyl/N-ethyl adjacent to an activating group) is 1. The highest BCUT2D eigenvalue weighted by Gasteiger charge is 2.32. The Balaban J connectivity index is 1.34. The molecule has 4 aromatic rings. The normalized spacial score (nSPS) is 18.5. The summed E-state index contributed by atoms with van der Waals surface area (Å²) in [5.74, 6) is -0.157. The van der Waals surface area contributed by atoms with Crippen LogP contribution in [0.2, 0.25) is 0 Å². The van der Waals surface area contributed by atoms with Gasteiger partial charge in [0.1, 0.15) is 0 Å². The lowest BCUT2D eigenvalue weighted by atomic mass is 9.98. The summed E-state index contributed by atoms with van der Waals surface area (Å²) in [6.07, 6.45) is 5.11. The van der Waals surface area contributed by atoms with E-state index in [-0.39, 0.29) is 24.7 Å². The van der Waals surface area contributed by atoms with Gasteiger partial charge in [0.25, 0.3) is 5.91 Å². The van der Waals surface area contributed by atoms with Gasteiger partial charge >= 0.3 is 0 Å². The van der Waals surface area contributed by atoms with Gasteiger partial charge in [0.15, 0.2) is 6.29 Å². The summed E-state index contributed by atoms with van der Waals surface area (Å²) in [4.78, 5) is 18.7. The van der Waals surface area contributed by atoms with Crippen molar-refractivity contribution >= 4 is 5.91 Å². The maximum Gasteiger partial charge on any atom is 0.253 e. The molecule has 5 rings (SSSR count). The van der Waals surface area contributed by atoms with Crippen LogP contribution in [0.1, 0.15) is 51.4 Å². The van der Waals surface area contributed by atoms with Gasteiger partial charge in [-0.05, 0) is 59.1 Å². The fourth-order valence-electron chi connectivity index (χ4n) is 5.18. The number of carbonyl (C=O) groups excluding carboxylic acids is 1. The summed E-state index contributed by atoms with van der Waals surface area (Å²) in [6, 6.07) is 27.8. The fraction of sp³-hybridized carbons (Fsp3) is 0.257. The predicted molar refractivity (Wildman–Crippen MR) is 163 cm³/mol. The molecule has 0 saturated carbocycles. The van der Waals surface area contributed by atoms with Gasteiger partial charge in [0.2, 0.25) is 0 Å².